The highest BCUT2D eigenvalue weighted by molar-refractivity contribution is 7.91. The number of carbonyl (C=O) groups is 1. The highest BCUT2D eigenvalue weighted by atomic mass is 32.2. The molecule has 3 aliphatic rings. The maximum atomic E-state index is 13.5. The molecule has 1 aromatic carbocycles. The first-order chi connectivity index (χ1) is 20.5. The number of sulfone groups is 1. The molecule has 0 radical (unpaired) electrons. The topological polar surface area (TPSA) is 129 Å². The molecular formula is C30H30F3N5O4S. The van der Waals surface area contributed by atoms with Crippen LogP contribution in [0.4, 0.5) is 18.9 Å². The minimum absolute atomic E-state index is 0.000324. The van der Waals surface area contributed by atoms with E-state index in [2.05, 4.69) is 16.4 Å². The Labute approximate surface area is 247 Å². The van der Waals surface area contributed by atoms with Gasteiger partial charge in [-0.1, -0.05) is 31.0 Å². The molecular weight excluding hydrogens is 583 g/mol. The van der Waals surface area contributed by atoms with Crippen molar-refractivity contribution in [1.82, 2.24) is 15.3 Å². The molecule has 43 heavy (non-hydrogen) atoms. The van der Waals surface area contributed by atoms with Gasteiger partial charge in [0.2, 0.25) is 11.8 Å². The van der Waals surface area contributed by atoms with Crippen molar-refractivity contribution in [1.29, 1.82) is 5.26 Å². The first kappa shape index (κ1) is 29.2. The zero-order valence-electron chi connectivity index (χ0n) is 23.2. The molecule has 2 aliphatic carbocycles. The number of benzene rings is 1. The van der Waals surface area contributed by atoms with E-state index in [1.54, 1.807) is 6.07 Å². The minimum Gasteiger partial charge on any atom is -0.440 e. The van der Waals surface area contributed by atoms with Gasteiger partial charge in [-0.15, -0.1) is 0 Å². The summed E-state index contributed by atoms with van der Waals surface area (Å²) in [5, 5.41) is 12.5. The lowest BCUT2D eigenvalue weighted by Crippen LogP contribution is -2.42. The summed E-state index contributed by atoms with van der Waals surface area (Å²) >= 11 is 0. The third-order valence-corrected chi connectivity index (χ3v) is 10.2. The third kappa shape index (κ3) is 5.98. The normalized spacial score (nSPS) is 22.9. The van der Waals surface area contributed by atoms with Crippen LogP contribution < -0.4 is 10.2 Å². The van der Waals surface area contributed by atoms with Crippen LogP contribution in [0.1, 0.15) is 55.8 Å². The van der Waals surface area contributed by atoms with E-state index in [1.807, 2.05) is 23.1 Å². The molecule has 3 aromatic rings. The second-order valence-corrected chi connectivity index (χ2v) is 13.8. The second-order valence-electron chi connectivity index (χ2n) is 11.5. The van der Waals surface area contributed by atoms with Crippen LogP contribution >= 0.6 is 0 Å². The average Bonchev–Trinajstić information content (AvgIpc) is 3.63. The number of para-hydroxylation sites is 1. The summed E-state index contributed by atoms with van der Waals surface area (Å²) in [6, 6.07) is 10.4. The summed E-state index contributed by atoms with van der Waals surface area (Å²) in [7, 11) is -3.15. The van der Waals surface area contributed by atoms with Gasteiger partial charge in [0, 0.05) is 48.6 Å². The summed E-state index contributed by atoms with van der Waals surface area (Å²) in [4.78, 5) is 24.0. The summed E-state index contributed by atoms with van der Waals surface area (Å²) in [5.41, 5.74) is -0.00238. The number of carbonyl (C=O) groups excluding carboxylic acids is 1. The van der Waals surface area contributed by atoms with Crippen LogP contribution in [0.5, 0.6) is 0 Å². The fourth-order valence-electron chi connectivity index (χ4n) is 5.99. The molecule has 2 saturated carbocycles. The highest BCUT2D eigenvalue weighted by Gasteiger charge is 2.47. The van der Waals surface area contributed by atoms with Gasteiger partial charge in [0.05, 0.1) is 28.7 Å². The Kier molecular flexibility index (Phi) is 7.44. The molecule has 1 saturated heterocycles. The Morgan fingerprint density at radius 3 is 2.53 bits per heavy atom. The fraction of sp³-hybridized carbons (Fsp3) is 0.467. The smallest absolute Gasteiger partial charge is 0.417 e. The largest absolute Gasteiger partial charge is 0.440 e. The second kappa shape index (κ2) is 11.0. The molecule has 2 atom stereocenters. The number of hydrogen-bond donors (Lipinski definition) is 1. The van der Waals surface area contributed by atoms with E-state index in [-0.39, 0.29) is 42.0 Å². The molecule has 0 unspecified atom stereocenters. The van der Waals surface area contributed by atoms with Crippen molar-refractivity contribution in [2.45, 2.75) is 56.2 Å². The number of nitrogens with one attached hydrogen (secondary N) is 1. The van der Waals surface area contributed by atoms with Gasteiger partial charge in [-0.25, -0.2) is 13.4 Å². The van der Waals surface area contributed by atoms with Crippen LogP contribution in [0.25, 0.3) is 22.7 Å². The van der Waals surface area contributed by atoms with Crippen LogP contribution in [-0.4, -0.2) is 54.4 Å². The standard InChI is InChI=1S/C30H30F3N5O4S/c31-30(32,33)20-15-19(16-35-17-20)28-36-25(23-7-3-4-8-24(23)38-11-13-43(40,41)14-12-38)26(42-28)21-5-1-2-6-22(21)27(39)37-29(18-34)9-10-29/h3-4,7-8,15-17,21-22H,1-2,5-6,9-14H2,(H,37,39)/t21-,22-/m1/s1. The van der Waals surface area contributed by atoms with Crippen LogP contribution in [0.15, 0.2) is 47.1 Å². The SMILES string of the molecule is N#CC1(NC(=O)[C@@H]2CCCC[C@H]2c2oc(-c3cncc(C(F)(F)F)c3)nc2-c2ccccc2N2CCS(=O)(=O)CC2)CC1. The number of oxazole rings is 1. The number of halogens is 3. The quantitative estimate of drug-likeness (QED) is 0.407. The van der Waals surface area contributed by atoms with Gasteiger partial charge in [-0.3, -0.25) is 9.78 Å². The van der Waals surface area contributed by atoms with Gasteiger partial charge in [0.1, 0.15) is 17.0 Å². The summed E-state index contributed by atoms with van der Waals surface area (Å²) in [5.74, 6) is -0.882. The number of hydrogen-bond acceptors (Lipinski definition) is 8. The van der Waals surface area contributed by atoms with Crippen LogP contribution in [0, 0.1) is 17.2 Å². The first-order valence-corrected chi connectivity index (χ1v) is 16.1. The number of amides is 1. The van der Waals surface area contributed by atoms with Crippen molar-refractivity contribution in [3.05, 3.63) is 54.0 Å². The predicted molar refractivity (Wildman–Crippen MR) is 151 cm³/mol. The van der Waals surface area contributed by atoms with Gasteiger partial charge >= 0.3 is 6.18 Å². The molecule has 3 heterocycles. The lowest BCUT2D eigenvalue weighted by atomic mass is 9.76. The van der Waals surface area contributed by atoms with Crippen molar-refractivity contribution < 1.29 is 30.8 Å². The van der Waals surface area contributed by atoms with Crippen LogP contribution in [0.2, 0.25) is 0 Å². The van der Waals surface area contributed by atoms with E-state index in [4.69, 9.17) is 9.40 Å². The Hall–Kier alpha value is -3.92. The zero-order valence-corrected chi connectivity index (χ0v) is 24.0. The number of pyridine rings is 1. The van der Waals surface area contributed by atoms with E-state index in [1.165, 1.54) is 6.20 Å². The Balaban J connectivity index is 1.45. The molecule has 0 spiro atoms. The van der Waals surface area contributed by atoms with Gasteiger partial charge < -0.3 is 14.6 Å². The highest BCUT2D eigenvalue weighted by Crippen LogP contribution is 2.46. The molecule has 9 nitrogen and oxygen atoms in total. The van der Waals surface area contributed by atoms with Crippen LogP contribution in [0.3, 0.4) is 0 Å². The molecule has 1 aliphatic heterocycles. The minimum atomic E-state index is -4.62. The van der Waals surface area contributed by atoms with E-state index in [9.17, 15) is 31.6 Å². The molecule has 1 N–H and O–H groups in total. The number of nitriles is 1. The number of alkyl halides is 3. The molecule has 6 rings (SSSR count). The fourth-order valence-corrected chi connectivity index (χ4v) is 7.19. The van der Waals surface area contributed by atoms with E-state index in [0.29, 0.717) is 42.7 Å². The molecule has 0 bridgehead atoms. The van der Waals surface area contributed by atoms with Crippen LogP contribution in [-0.2, 0) is 20.8 Å². The molecule has 13 heteroatoms. The lowest BCUT2D eigenvalue weighted by Gasteiger charge is -2.32. The molecule has 2 aromatic heterocycles. The van der Waals surface area contributed by atoms with Crippen molar-refractivity contribution in [2.24, 2.45) is 5.92 Å². The summed E-state index contributed by atoms with van der Waals surface area (Å²) in [6.07, 6.45) is 1.31. The molecule has 3 fully saturated rings. The van der Waals surface area contributed by atoms with E-state index < -0.39 is 39.0 Å². The Morgan fingerprint density at radius 2 is 1.84 bits per heavy atom. The molecule has 1 amide bonds. The van der Waals surface area contributed by atoms with Gasteiger partial charge in [-0.05, 0) is 37.8 Å². The van der Waals surface area contributed by atoms with Gasteiger partial charge in [0.25, 0.3) is 0 Å². The van der Waals surface area contributed by atoms with Crippen molar-refractivity contribution in [3.63, 3.8) is 0 Å². The van der Waals surface area contributed by atoms with Crippen molar-refractivity contribution in [2.75, 3.05) is 29.5 Å². The number of aromatic nitrogens is 2. The van der Waals surface area contributed by atoms with Crippen molar-refractivity contribution in [3.8, 4) is 28.8 Å². The Bertz CT molecular complexity index is 1680. The summed E-state index contributed by atoms with van der Waals surface area (Å²) in [6.45, 7) is 0.559. The van der Waals surface area contributed by atoms with E-state index >= 15 is 0 Å². The maximum Gasteiger partial charge on any atom is 0.417 e. The van der Waals surface area contributed by atoms with Gasteiger partial charge in [0.15, 0.2) is 9.84 Å². The van der Waals surface area contributed by atoms with E-state index in [0.717, 1.165) is 30.8 Å². The monoisotopic (exact) mass is 613 g/mol. The zero-order chi connectivity index (χ0) is 30.4. The average molecular weight is 614 g/mol. The number of rotatable bonds is 6. The number of anilines is 1. The maximum absolute atomic E-state index is 13.5. The predicted octanol–water partition coefficient (Wildman–Crippen LogP) is 5.10. The summed E-state index contributed by atoms with van der Waals surface area (Å²) < 4.78 is 71.2. The Morgan fingerprint density at radius 1 is 1.12 bits per heavy atom. The first-order valence-electron chi connectivity index (χ1n) is 14.3. The lowest BCUT2D eigenvalue weighted by molar-refractivity contribution is -0.137. The van der Waals surface area contributed by atoms with Crippen molar-refractivity contribution >= 4 is 21.4 Å². The third-order valence-electron chi connectivity index (χ3n) is 8.58. The molecule has 226 valence electrons. The number of nitrogens with zero attached hydrogens (tertiary/aromatic N) is 4. The van der Waals surface area contributed by atoms with Gasteiger partial charge in [-0.2, -0.15) is 18.4 Å².